The number of hydrogen-bond donors (Lipinski definition) is 0. The second kappa shape index (κ2) is 18.6. The molecule has 0 N–H and O–H groups in total. The lowest BCUT2D eigenvalue weighted by molar-refractivity contribution is -0.130. The highest BCUT2D eigenvalue weighted by atomic mass is 16.5. The number of ether oxygens (including phenoxy) is 2. The first-order chi connectivity index (χ1) is 26.3. The number of hydrogen-bond acceptors (Lipinski definition) is 8. The van der Waals surface area contributed by atoms with Crippen LogP contribution in [0.15, 0.2) is 108 Å². The summed E-state index contributed by atoms with van der Waals surface area (Å²) < 4.78 is 11.3. The van der Waals surface area contributed by atoms with Crippen LogP contribution in [0.3, 0.4) is 0 Å². The largest absolute Gasteiger partial charge is 0.422 e. The summed E-state index contributed by atoms with van der Waals surface area (Å²) in [7, 11) is 0. The molecule has 4 aromatic carbocycles. The third-order valence-corrected chi connectivity index (χ3v) is 10.3. The zero-order chi connectivity index (χ0) is 38.5. The average Bonchev–Trinajstić information content (AvgIpc) is 3.21. The van der Waals surface area contributed by atoms with Gasteiger partial charge in [0.25, 0.3) is 0 Å². The lowest BCUT2D eigenvalue weighted by atomic mass is 9.65. The molecule has 1 saturated carbocycles. The standard InChI is InChI=1S/C46H48N4O4/c1-5-49(6-2)40-20-12-34(13-21-40)30-36(32-47)44(51)53-42-24-16-38(17-25-42)46(28-10-9-11-29-46)39-18-26-43(27-19-39)54-45(52)37(33-48)31-35-14-22-41(23-15-35)50(7-3)8-4/h12-27,30-31H,5-11,28-29H2,1-4H3/b36-30+,37-31+. The van der Waals surface area contributed by atoms with E-state index in [0.717, 1.165) is 91.9 Å². The minimum absolute atomic E-state index is 0.0823. The van der Waals surface area contributed by atoms with Crippen molar-refractivity contribution in [1.82, 2.24) is 0 Å². The second-order valence-corrected chi connectivity index (χ2v) is 13.3. The number of anilines is 2. The third kappa shape index (κ3) is 9.26. The average molecular weight is 721 g/mol. The second-order valence-electron chi connectivity index (χ2n) is 13.3. The van der Waals surface area contributed by atoms with Gasteiger partial charge in [0.2, 0.25) is 0 Å². The number of nitrogens with zero attached hydrogens (tertiary/aromatic N) is 4. The van der Waals surface area contributed by atoms with E-state index in [0.29, 0.717) is 11.5 Å². The Morgan fingerprint density at radius 2 is 0.926 bits per heavy atom. The van der Waals surface area contributed by atoms with Crippen molar-refractivity contribution >= 4 is 35.5 Å². The molecule has 8 nitrogen and oxygen atoms in total. The van der Waals surface area contributed by atoms with Crippen LogP contribution in [0.1, 0.15) is 82.1 Å². The molecule has 1 aliphatic rings. The van der Waals surface area contributed by atoms with Gasteiger partial charge >= 0.3 is 11.9 Å². The van der Waals surface area contributed by atoms with E-state index in [9.17, 15) is 20.1 Å². The summed E-state index contributed by atoms with van der Waals surface area (Å²) >= 11 is 0. The Labute approximate surface area is 319 Å². The third-order valence-electron chi connectivity index (χ3n) is 10.3. The molecule has 4 aromatic rings. The van der Waals surface area contributed by atoms with Crippen molar-refractivity contribution in [3.05, 3.63) is 130 Å². The molecule has 8 heteroatoms. The molecule has 0 unspecified atom stereocenters. The summed E-state index contributed by atoms with van der Waals surface area (Å²) in [6.45, 7) is 12.0. The predicted octanol–water partition coefficient (Wildman–Crippen LogP) is 9.65. The van der Waals surface area contributed by atoms with Crippen molar-refractivity contribution < 1.29 is 19.1 Å². The molecule has 5 rings (SSSR count). The van der Waals surface area contributed by atoms with E-state index in [2.05, 4.69) is 37.5 Å². The first-order valence-corrected chi connectivity index (χ1v) is 18.9. The normalized spacial score (nSPS) is 14.0. The summed E-state index contributed by atoms with van der Waals surface area (Å²) in [6.07, 6.45) is 8.24. The molecule has 0 heterocycles. The van der Waals surface area contributed by atoms with E-state index in [1.807, 2.05) is 84.9 Å². The van der Waals surface area contributed by atoms with Gasteiger partial charge in [0.1, 0.15) is 34.8 Å². The Morgan fingerprint density at radius 3 is 1.24 bits per heavy atom. The lowest BCUT2D eigenvalue weighted by Crippen LogP contribution is -2.30. The maximum Gasteiger partial charge on any atom is 0.354 e. The molecule has 1 fully saturated rings. The molecule has 0 aromatic heterocycles. The maximum atomic E-state index is 13.0. The minimum Gasteiger partial charge on any atom is -0.422 e. The molecule has 0 atom stereocenters. The zero-order valence-corrected chi connectivity index (χ0v) is 31.7. The van der Waals surface area contributed by atoms with Crippen LogP contribution in [0.5, 0.6) is 11.5 Å². The van der Waals surface area contributed by atoms with E-state index in [1.54, 1.807) is 36.4 Å². The van der Waals surface area contributed by atoms with Crippen molar-refractivity contribution in [3.8, 4) is 23.6 Å². The fourth-order valence-electron chi connectivity index (χ4n) is 7.25. The highest BCUT2D eigenvalue weighted by Crippen LogP contribution is 2.45. The summed E-state index contributed by atoms with van der Waals surface area (Å²) in [6, 6.07) is 34.5. The van der Waals surface area contributed by atoms with Gasteiger partial charge in [-0.15, -0.1) is 0 Å². The van der Waals surface area contributed by atoms with Crippen molar-refractivity contribution in [3.63, 3.8) is 0 Å². The van der Waals surface area contributed by atoms with Crippen LogP contribution in [0.4, 0.5) is 11.4 Å². The van der Waals surface area contributed by atoms with Gasteiger partial charge in [0.15, 0.2) is 0 Å². The van der Waals surface area contributed by atoms with E-state index < -0.39 is 11.9 Å². The van der Waals surface area contributed by atoms with Crippen LogP contribution in [-0.2, 0) is 15.0 Å². The maximum absolute atomic E-state index is 13.0. The lowest BCUT2D eigenvalue weighted by Gasteiger charge is -2.38. The summed E-state index contributed by atoms with van der Waals surface area (Å²) in [5.41, 5.74) is 5.41. The molecule has 0 bridgehead atoms. The Morgan fingerprint density at radius 1 is 0.574 bits per heavy atom. The molecular formula is C46H48N4O4. The minimum atomic E-state index is -0.710. The number of carbonyl (C=O) groups excluding carboxylic acids is 2. The van der Waals surface area contributed by atoms with Gasteiger partial charge in [-0.05, 0) is 123 Å². The number of carbonyl (C=O) groups is 2. The fraction of sp³-hybridized carbons (Fsp3) is 0.304. The SMILES string of the molecule is CCN(CC)c1ccc(/C=C(\C#N)C(=O)Oc2ccc(C3(c4ccc(OC(=O)/C(C#N)=C/c5ccc(N(CC)CC)cc5)cc4)CCCCC3)cc2)cc1. The summed E-state index contributed by atoms with van der Waals surface area (Å²) in [5, 5.41) is 19.5. The molecular weight excluding hydrogens is 673 g/mol. The van der Waals surface area contributed by atoms with Crippen molar-refractivity contribution in [2.45, 2.75) is 65.2 Å². The van der Waals surface area contributed by atoms with Crippen LogP contribution < -0.4 is 19.3 Å². The van der Waals surface area contributed by atoms with E-state index in [4.69, 9.17) is 9.47 Å². The monoisotopic (exact) mass is 720 g/mol. The molecule has 1 aliphatic carbocycles. The number of nitriles is 2. The van der Waals surface area contributed by atoms with Crippen LogP contribution in [-0.4, -0.2) is 38.1 Å². The summed E-state index contributed by atoms with van der Waals surface area (Å²) in [4.78, 5) is 30.5. The smallest absolute Gasteiger partial charge is 0.354 e. The van der Waals surface area contributed by atoms with Gasteiger partial charge in [-0.1, -0.05) is 67.8 Å². The zero-order valence-electron chi connectivity index (χ0n) is 31.7. The Kier molecular flexibility index (Phi) is 13.5. The van der Waals surface area contributed by atoms with E-state index >= 15 is 0 Å². The Bertz CT molecular complexity index is 1880. The van der Waals surface area contributed by atoms with Crippen molar-refractivity contribution in [2.75, 3.05) is 36.0 Å². The van der Waals surface area contributed by atoms with Gasteiger partial charge in [0.05, 0.1) is 0 Å². The van der Waals surface area contributed by atoms with Gasteiger partial charge in [0, 0.05) is 43.0 Å². The van der Waals surface area contributed by atoms with Crippen molar-refractivity contribution in [2.24, 2.45) is 0 Å². The first-order valence-electron chi connectivity index (χ1n) is 18.9. The fourth-order valence-corrected chi connectivity index (χ4v) is 7.25. The van der Waals surface area contributed by atoms with E-state index in [1.165, 1.54) is 0 Å². The number of rotatable bonds is 14. The Hall–Kier alpha value is -6.12. The molecule has 0 saturated heterocycles. The van der Waals surface area contributed by atoms with Crippen LogP contribution >= 0.6 is 0 Å². The molecule has 0 spiro atoms. The molecule has 54 heavy (non-hydrogen) atoms. The van der Waals surface area contributed by atoms with Crippen molar-refractivity contribution in [1.29, 1.82) is 10.5 Å². The highest BCUT2D eigenvalue weighted by Gasteiger charge is 2.36. The molecule has 0 radical (unpaired) electrons. The molecule has 0 amide bonds. The number of benzene rings is 4. The molecule has 0 aliphatic heterocycles. The highest BCUT2D eigenvalue weighted by molar-refractivity contribution is 5.99. The van der Waals surface area contributed by atoms with Crippen LogP contribution in [0.25, 0.3) is 12.2 Å². The Balaban J connectivity index is 1.28. The summed E-state index contributed by atoms with van der Waals surface area (Å²) in [5.74, 6) is -0.705. The van der Waals surface area contributed by atoms with Gasteiger partial charge < -0.3 is 19.3 Å². The van der Waals surface area contributed by atoms with Gasteiger partial charge in [-0.3, -0.25) is 0 Å². The van der Waals surface area contributed by atoms with Gasteiger partial charge in [-0.2, -0.15) is 10.5 Å². The van der Waals surface area contributed by atoms with E-state index in [-0.39, 0.29) is 16.6 Å². The molecule has 276 valence electrons. The van der Waals surface area contributed by atoms with Crippen LogP contribution in [0.2, 0.25) is 0 Å². The quantitative estimate of drug-likeness (QED) is 0.0549. The van der Waals surface area contributed by atoms with Gasteiger partial charge in [-0.25, -0.2) is 9.59 Å². The predicted molar refractivity (Wildman–Crippen MR) is 215 cm³/mol. The first kappa shape index (κ1) is 39.1. The topological polar surface area (TPSA) is 107 Å². The van der Waals surface area contributed by atoms with Crippen LogP contribution in [0, 0.1) is 22.7 Å². The number of esters is 2.